The molecule has 2 aliphatic rings. The van der Waals surface area contributed by atoms with E-state index < -0.39 is 15.7 Å². The molecule has 0 bridgehead atoms. The number of rotatable bonds is 4. The van der Waals surface area contributed by atoms with Crippen molar-refractivity contribution in [1.82, 2.24) is 9.03 Å². The van der Waals surface area contributed by atoms with Crippen LogP contribution >= 0.6 is 15.9 Å². The van der Waals surface area contributed by atoms with Crippen LogP contribution in [0.1, 0.15) is 32.3 Å². The van der Waals surface area contributed by atoms with Crippen LogP contribution in [0.3, 0.4) is 0 Å². The standard InChI is InChI=1S/C15H21BrN2O3S/c1-11-9-18(10-12(2)21-11)22(19,20)17-15(7-8-15)13-3-5-14(16)6-4-13/h3-6,11-12,17H,7-10H2,1-2H3. The zero-order valence-electron chi connectivity index (χ0n) is 12.8. The van der Waals surface area contributed by atoms with Crippen LogP contribution in [0.5, 0.6) is 0 Å². The molecule has 0 spiro atoms. The quantitative estimate of drug-likeness (QED) is 0.861. The zero-order valence-corrected chi connectivity index (χ0v) is 15.2. The molecule has 0 radical (unpaired) electrons. The van der Waals surface area contributed by atoms with Crippen LogP contribution in [0.4, 0.5) is 0 Å². The SMILES string of the molecule is CC1CN(S(=O)(=O)NC2(c3ccc(Br)cc3)CC2)CC(C)O1. The summed E-state index contributed by atoms with van der Waals surface area (Å²) in [6.07, 6.45) is 1.51. The lowest BCUT2D eigenvalue weighted by molar-refractivity contribution is -0.0445. The summed E-state index contributed by atoms with van der Waals surface area (Å²) in [4.78, 5) is 0. The molecule has 122 valence electrons. The Morgan fingerprint density at radius 3 is 2.23 bits per heavy atom. The van der Waals surface area contributed by atoms with Gasteiger partial charge in [0.05, 0.1) is 17.7 Å². The predicted molar refractivity (Wildman–Crippen MR) is 88.7 cm³/mol. The number of hydrogen-bond donors (Lipinski definition) is 1. The smallest absolute Gasteiger partial charge is 0.280 e. The predicted octanol–water partition coefficient (Wildman–Crippen LogP) is 2.38. The van der Waals surface area contributed by atoms with Crippen LogP contribution in [0.15, 0.2) is 28.7 Å². The van der Waals surface area contributed by atoms with E-state index in [2.05, 4.69) is 20.7 Å². The highest BCUT2D eigenvalue weighted by Gasteiger charge is 2.49. The fraction of sp³-hybridized carbons (Fsp3) is 0.600. The molecule has 7 heteroatoms. The summed E-state index contributed by atoms with van der Waals surface area (Å²) >= 11 is 3.41. The summed E-state index contributed by atoms with van der Waals surface area (Å²) < 4.78 is 36.5. The molecule has 22 heavy (non-hydrogen) atoms. The summed E-state index contributed by atoms with van der Waals surface area (Å²) in [5.41, 5.74) is 0.582. The van der Waals surface area contributed by atoms with Gasteiger partial charge in [-0.05, 0) is 44.4 Å². The first kappa shape index (κ1) is 16.4. The maximum Gasteiger partial charge on any atom is 0.280 e. The molecular weight excluding hydrogens is 368 g/mol. The van der Waals surface area contributed by atoms with Crippen molar-refractivity contribution in [3.63, 3.8) is 0 Å². The number of nitrogens with zero attached hydrogens (tertiary/aromatic N) is 1. The van der Waals surface area contributed by atoms with Gasteiger partial charge in [0.1, 0.15) is 0 Å². The van der Waals surface area contributed by atoms with E-state index in [-0.39, 0.29) is 12.2 Å². The molecule has 5 nitrogen and oxygen atoms in total. The fourth-order valence-electron chi connectivity index (χ4n) is 2.98. The van der Waals surface area contributed by atoms with E-state index in [0.717, 1.165) is 22.9 Å². The molecule has 2 unspecified atom stereocenters. The summed E-state index contributed by atoms with van der Waals surface area (Å²) in [5.74, 6) is 0. The Morgan fingerprint density at radius 1 is 1.18 bits per heavy atom. The lowest BCUT2D eigenvalue weighted by Crippen LogP contribution is -2.53. The van der Waals surface area contributed by atoms with Crippen molar-refractivity contribution in [2.24, 2.45) is 0 Å². The summed E-state index contributed by atoms with van der Waals surface area (Å²) in [6, 6.07) is 7.85. The average Bonchev–Trinajstić information content (AvgIpc) is 3.18. The van der Waals surface area contributed by atoms with Gasteiger partial charge in [0.15, 0.2) is 0 Å². The summed E-state index contributed by atoms with van der Waals surface area (Å²) in [6.45, 7) is 4.60. The van der Waals surface area contributed by atoms with Gasteiger partial charge in [-0.2, -0.15) is 17.4 Å². The van der Waals surface area contributed by atoms with Gasteiger partial charge in [-0.15, -0.1) is 0 Å². The normalized spacial score (nSPS) is 28.5. The Balaban J connectivity index is 1.78. The van der Waals surface area contributed by atoms with Crippen LogP contribution in [0, 0.1) is 0 Å². The lowest BCUT2D eigenvalue weighted by atomic mass is 10.1. The highest BCUT2D eigenvalue weighted by Crippen LogP contribution is 2.46. The number of hydrogen-bond acceptors (Lipinski definition) is 3. The minimum atomic E-state index is -3.51. The molecule has 1 aliphatic heterocycles. The first-order valence-electron chi connectivity index (χ1n) is 7.51. The van der Waals surface area contributed by atoms with Gasteiger partial charge in [-0.25, -0.2) is 0 Å². The van der Waals surface area contributed by atoms with Crippen LogP contribution in [0.2, 0.25) is 0 Å². The van der Waals surface area contributed by atoms with Gasteiger partial charge in [0, 0.05) is 17.6 Å². The second kappa shape index (κ2) is 5.87. The molecule has 2 atom stereocenters. The van der Waals surface area contributed by atoms with E-state index in [1.54, 1.807) is 0 Å². The number of halogens is 1. The minimum absolute atomic E-state index is 0.0804. The maximum absolute atomic E-state index is 12.7. The third-order valence-corrected chi connectivity index (χ3v) is 6.35. The van der Waals surface area contributed by atoms with E-state index in [0.29, 0.717) is 13.1 Å². The molecular formula is C15H21BrN2O3S. The topological polar surface area (TPSA) is 58.6 Å². The molecule has 1 saturated heterocycles. The van der Waals surface area contributed by atoms with Crippen molar-refractivity contribution in [2.75, 3.05) is 13.1 Å². The van der Waals surface area contributed by atoms with E-state index in [9.17, 15) is 8.42 Å². The number of nitrogens with one attached hydrogen (secondary N) is 1. The second-order valence-corrected chi connectivity index (χ2v) is 8.86. The first-order valence-corrected chi connectivity index (χ1v) is 9.75. The van der Waals surface area contributed by atoms with E-state index in [1.165, 1.54) is 4.31 Å². The first-order chi connectivity index (χ1) is 10.3. The van der Waals surface area contributed by atoms with E-state index in [4.69, 9.17) is 4.74 Å². The Hall–Kier alpha value is -0.470. The van der Waals surface area contributed by atoms with Crippen molar-refractivity contribution in [2.45, 2.75) is 44.4 Å². The Bertz CT molecular complexity index is 633. The van der Waals surface area contributed by atoms with Crippen molar-refractivity contribution < 1.29 is 13.2 Å². The van der Waals surface area contributed by atoms with Crippen molar-refractivity contribution in [3.8, 4) is 0 Å². The van der Waals surface area contributed by atoms with Crippen LogP contribution in [0.25, 0.3) is 0 Å². The molecule has 1 N–H and O–H groups in total. The molecule has 1 aromatic rings. The number of benzene rings is 1. The summed E-state index contributed by atoms with van der Waals surface area (Å²) in [7, 11) is -3.51. The molecule has 1 aromatic carbocycles. The third kappa shape index (κ3) is 3.38. The average molecular weight is 389 g/mol. The maximum atomic E-state index is 12.7. The van der Waals surface area contributed by atoms with Crippen LogP contribution < -0.4 is 4.72 Å². The second-order valence-electron chi connectivity index (χ2n) is 6.27. The van der Waals surface area contributed by atoms with Crippen molar-refractivity contribution in [3.05, 3.63) is 34.3 Å². The highest BCUT2D eigenvalue weighted by atomic mass is 79.9. The Labute approximate surface area is 140 Å². The Kier molecular flexibility index (Phi) is 4.37. The van der Waals surface area contributed by atoms with Crippen LogP contribution in [-0.4, -0.2) is 38.0 Å². The highest BCUT2D eigenvalue weighted by molar-refractivity contribution is 9.10. The van der Waals surface area contributed by atoms with E-state index in [1.807, 2.05) is 38.1 Å². The van der Waals surface area contributed by atoms with Gasteiger partial charge in [0.25, 0.3) is 10.2 Å². The van der Waals surface area contributed by atoms with Crippen molar-refractivity contribution >= 4 is 26.1 Å². The molecule has 1 aliphatic carbocycles. The minimum Gasteiger partial charge on any atom is -0.373 e. The van der Waals surface area contributed by atoms with E-state index >= 15 is 0 Å². The van der Waals surface area contributed by atoms with Gasteiger partial charge in [0.2, 0.25) is 0 Å². The molecule has 2 fully saturated rings. The van der Waals surface area contributed by atoms with Gasteiger partial charge in [-0.3, -0.25) is 0 Å². The number of morpholine rings is 1. The molecule has 1 heterocycles. The molecule has 0 aromatic heterocycles. The number of ether oxygens (including phenoxy) is 1. The van der Waals surface area contributed by atoms with Gasteiger partial charge < -0.3 is 4.74 Å². The Morgan fingerprint density at radius 2 is 1.73 bits per heavy atom. The molecule has 0 amide bonds. The zero-order chi connectivity index (χ0) is 16.0. The monoisotopic (exact) mass is 388 g/mol. The largest absolute Gasteiger partial charge is 0.373 e. The molecule has 1 saturated carbocycles. The summed E-state index contributed by atoms with van der Waals surface area (Å²) in [5, 5.41) is 0. The molecule has 3 rings (SSSR count). The fourth-order valence-corrected chi connectivity index (χ4v) is 5.00. The lowest BCUT2D eigenvalue weighted by Gasteiger charge is -2.35. The van der Waals surface area contributed by atoms with Gasteiger partial charge >= 0.3 is 0 Å². The van der Waals surface area contributed by atoms with Gasteiger partial charge in [-0.1, -0.05) is 28.1 Å². The third-order valence-electron chi connectivity index (χ3n) is 4.20. The van der Waals surface area contributed by atoms with Crippen LogP contribution in [-0.2, 0) is 20.5 Å². The van der Waals surface area contributed by atoms with Crippen molar-refractivity contribution in [1.29, 1.82) is 0 Å².